The third-order valence-electron chi connectivity index (χ3n) is 6.49. The van der Waals surface area contributed by atoms with Gasteiger partial charge in [-0.15, -0.1) is 0 Å². The van der Waals surface area contributed by atoms with Crippen LogP contribution < -0.4 is 5.32 Å². The first-order chi connectivity index (χ1) is 10.1. The summed E-state index contributed by atoms with van der Waals surface area (Å²) in [6.45, 7) is 11.4. The van der Waals surface area contributed by atoms with Crippen LogP contribution in [0.15, 0.2) is 0 Å². The fourth-order valence-corrected chi connectivity index (χ4v) is 5.04. The van der Waals surface area contributed by atoms with Crippen molar-refractivity contribution in [1.29, 1.82) is 0 Å². The van der Waals surface area contributed by atoms with Crippen LogP contribution in [-0.4, -0.2) is 61.7 Å². The number of piperazine rings is 1. The zero-order valence-electron chi connectivity index (χ0n) is 14.4. The predicted octanol–water partition coefficient (Wildman–Crippen LogP) is 2.57. The van der Waals surface area contributed by atoms with E-state index in [9.17, 15) is 0 Å². The molecule has 3 aliphatic rings. The molecule has 3 fully saturated rings. The first-order valence-corrected chi connectivity index (χ1v) is 9.25. The summed E-state index contributed by atoms with van der Waals surface area (Å²) in [5.74, 6) is 0.944. The second-order valence-corrected chi connectivity index (χ2v) is 8.28. The fourth-order valence-electron chi connectivity index (χ4n) is 5.04. The molecular formula is C18H35N3. The highest BCUT2D eigenvalue weighted by Gasteiger charge is 2.40. The number of hydrogen-bond acceptors (Lipinski definition) is 3. The predicted molar refractivity (Wildman–Crippen MR) is 89.6 cm³/mol. The van der Waals surface area contributed by atoms with Gasteiger partial charge in [0.2, 0.25) is 0 Å². The summed E-state index contributed by atoms with van der Waals surface area (Å²) in [6, 6.07) is 1.60. The summed E-state index contributed by atoms with van der Waals surface area (Å²) >= 11 is 0. The summed E-state index contributed by atoms with van der Waals surface area (Å²) in [5, 5.41) is 3.51. The second kappa shape index (κ2) is 6.55. The number of rotatable bonds is 4. The van der Waals surface area contributed by atoms with E-state index in [4.69, 9.17) is 0 Å². The van der Waals surface area contributed by atoms with Crippen LogP contribution >= 0.6 is 0 Å². The van der Waals surface area contributed by atoms with Gasteiger partial charge in [0.1, 0.15) is 0 Å². The van der Waals surface area contributed by atoms with E-state index < -0.39 is 0 Å². The molecule has 3 nitrogen and oxygen atoms in total. The second-order valence-electron chi connectivity index (χ2n) is 8.28. The van der Waals surface area contributed by atoms with Crippen LogP contribution in [0.2, 0.25) is 0 Å². The first kappa shape index (κ1) is 15.8. The molecular weight excluding hydrogens is 258 g/mol. The van der Waals surface area contributed by atoms with Crippen LogP contribution in [0, 0.1) is 11.3 Å². The number of hydrogen-bond donors (Lipinski definition) is 1. The lowest BCUT2D eigenvalue weighted by Crippen LogP contribution is -2.58. The Bertz CT molecular complexity index is 335. The molecule has 0 radical (unpaired) electrons. The Morgan fingerprint density at radius 2 is 1.86 bits per heavy atom. The Morgan fingerprint density at radius 1 is 1.10 bits per heavy atom. The van der Waals surface area contributed by atoms with Gasteiger partial charge in [-0.3, -0.25) is 9.80 Å². The smallest absolute Gasteiger partial charge is 0.0224 e. The van der Waals surface area contributed by atoms with Gasteiger partial charge in [0.05, 0.1) is 0 Å². The molecule has 0 aromatic rings. The van der Waals surface area contributed by atoms with Crippen LogP contribution in [0.5, 0.6) is 0 Å². The maximum atomic E-state index is 3.51. The summed E-state index contributed by atoms with van der Waals surface area (Å²) in [5.41, 5.74) is 0.538. The van der Waals surface area contributed by atoms with E-state index in [1.165, 1.54) is 71.2 Å². The summed E-state index contributed by atoms with van der Waals surface area (Å²) in [4.78, 5) is 5.58. The van der Waals surface area contributed by atoms with Crippen molar-refractivity contribution >= 4 is 0 Å². The third kappa shape index (κ3) is 3.46. The van der Waals surface area contributed by atoms with Crippen molar-refractivity contribution < 1.29 is 0 Å². The van der Waals surface area contributed by atoms with E-state index >= 15 is 0 Å². The van der Waals surface area contributed by atoms with Crippen molar-refractivity contribution in [2.45, 2.75) is 64.5 Å². The molecule has 2 saturated heterocycles. The molecule has 21 heavy (non-hydrogen) atoms. The number of nitrogens with zero attached hydrogens (tertiary/aromatic N) is 2. The molecule has 122 valence electrons. The van der Waals surface area contributed by atoms with E-state index in [0.29, 0.717) is 5.41 Å². The van der Waals surface area contributed by atoms with Gasteiger partial charge in [-0.2, -0.15) is 0 Å². The zero-order valence-corrected chi connectivity index (χ0v) is 14.4. The van der Waals surface area contributed by atoms with Gasteiger partial charge in [-0.05, 0) is 57.5 Å². The van der Waals surface area contributed by atoms with Crippen molar-refractivity contribution in [3.8, 4) is 0 Å². The molecule has 2 unspecified atom stereocenters. The number of nitrogens with one attached hydrogen (secondary N) is 1. The highest BCUT2D eigenvalue weighted by Crippen LogP contribution is 2.40. The topological polar surface area (TPSA) is 18.5 Å². The molecule has 0 aromatic carbocycles. The van der Waals surface area contributed by atoms with Crippen LogP contribution in [0.25, 0.3) is 0 Å². The minimum absolute atomic E-state index is 0.538. The Balaban J connectivity index is 1.64. The van der Waals surface area contributed by atoms with Gasteiger partial charge in [-0.25, -0.2) is 0 Å². The summed E-state index contributed by atoms with van der Waals surface area (Å²) in [6.07, 6.45) is 8.56. The molecule has 3 rings (SSSR count). The minimum atomic E-state index is 0.538. The Hall–Kier alpha value is -0.120. The highest BCUT2D eigenvalue weighted by atomic mass is 15.3. The van der Waals surface area contributed by atoms with E-state index in [1.807, 2.05) is 0 Å². The molecule has 1 aliphatic carbocycles. The van der Waals surface area contributed by atoms with Gasteiger partial charge in [-0.1, -0.05) is 19.8 Å². The first-order valence-electron chi connectivity index (χ1n) is 9.25. The zero-order chi connectivity index (χ0) is 14.9. The van der Waals surface area contributed by atoms with Gasteiger partial charge in [0.15, 0.2) is 0 Å². The van der Waals surface area contributed by atoms with Crippen molar-refractivity contribution in [3.63, 3.8) is 0 Å². The quantitative estimate of drug-likeness (QED) is 0.859. The molecule has 1 saturated carbocycles. The summed E-state index contributed by atoms with van der Waals surface area (Å²) < 4.78 is 0. The van der Waals surface area contributed by atoms with Crippen LogP contribution in [-0.2, 0) is 0 Å². The van der Waals surface area contributed by atoms with Crippen molar-refractivity contribution in [2.24, 2.45) is 11.3 Å². The maximum Gasteiger partial charge on any atom is 0.0224 e. The molecule has 1 N–H and O–H groups in total. The van der Waals surface area contributed by atoms with Crippen molar-refractivity contribution in [1.82, 2.24) is 15.1 Å². The van der Waals surface area contributed by atoms with Crippen molar-refractivity contribution in [2.75, 3.05) is 39.8 Å². The van der Waals surface area contributed by atoms with E-state index in [0.717, 1.165) is 18.0 Å². The fraction of sp³-hybridized carbons (Fsp3) is 1.00. The monoisotopic (exact) mass is 293 g/mol. The summed E-state index contributed by atoms with van der Waals surface area (Å²) in [7, 11) is 2.14. The molecule has 3 heteroatoms. The third-order valence-corrected chi connectivity index (χ3v) is 6.49. The van der Waals surface area contributed by atoms with Crippen molar-refractivity contribution in [3.05, 3.63) is 0 Å². The molecule has 2 atom stereocenters. The maximum absolute atomic E-state index is 3.51. The Morgan fingerprint density at radius 3 is 2.57 bits per heavy atom. The van der Waals surface area contributed by atoms with E-state index in [1.54, 1.807) is 0 Å². The highest BCUT2D eigenvalue weighted by molar-refractivity contribution is 4.95. The standard InChI is InChI=1S/C18H35N3/c1-15-6-8-18(9-7-15,13-19-3)14-21-12-17-5-4-10-20(17)11-16(21)2/h15-17,19H,4-14H2,1-3H3. The van der Waals surface area contributed by atoms with E-state index in [2.05, 4.69) is 36.0 Å². The number of fused-ring (bicyclic) bond motifs is 1. The van der Waals surface area contributed by atoms with Crippen LogP contribution in [0.3, 0.4) is 0 Å². The Labute approximate surface area is 131 Å². The molecule has 0 spiro atoms. The average Bonchev–Trinajstić information content (AvgIpc) is 2.90. The van der Waals surface area contributed by atoms with Gasteiger partial charge in [0, 0.05) is 38.3 Å². The molecule has 0 bridgehead atoms. The lowest BCUT2D eigenvalue weighted by Gasteiger charge is -2.48. The van der Waals surface area contributed by atoms with Gasteiger partial charge >= 0.3 is 0 Å². The van der Waals surface area contributed by atoms with Gasteiger partial charge < -0.3 is 5.32 Å². The lowest BCUT2D eigenvalue weighted by atomic mass is 9.70. The molecule has 0 amide bonds. The Kier molecular flexibility index (Phi) is 4.92. The SMILES string of the molecule is CNCC1(CN2CC3CCCN3CC2C)CCC(C)CC1. The largest absolute Gasteiger partial charge is 0.319 e. The van der Waals surface area contributed by atoms with E-state index in [-0.39, 0.29) is 0 Å². The molecule has 0 aromatic heterocycles. The van der Waals surface area contributed by atoms with Crippen LogP contribution in [0.4, 0.5) is 0 Å². The lowest BCUT2D eigenvalue weighted by molar-refractivity contribution is 0.00922. The van der Waals surface area contributed by atoms with Crippen LogP contribution in [0.1, 0.15) is 52.4 Å². The minimum Gasteiger partial charge on any atom is -0.319 e. The molecule has 2 heterocycles. The molecule has 2 aliphatic heterocycles. The average molecular weight is 293 g/mol. The normalized spacial score (nSPS) is 42.1. The van der Waals surface area contributed by atoms with Gasteiger partial charge in [0.25, 0.3) is 0 Å².